The lowest BCUT2D eigenvalue weighted by atomic mass is 9.83. The van der Waals surface area contributed by atoms with Crippen molar-refractivity contribution in [1.82, 2.24) is 0 Å². The third kappa shape index (κ3) is 2.31. The molecule has 1 nitrogen and oxygen atoms in total. The molecule has 0 radical (unpaired) electrons. The molecule has 0 aliphatic heterocycles. The van der Waals surface area contributed by atoms with Crippen LogP contribution in [0.1, 0.15) is 49.3 Å². The molecule has 1 aromatic rings. The summed E-state index contributed by atoms with van der Waals surface area (Å²) in [4.78, 5) is 0. The molecule has 2 heteroatoms. The SMILES string of the molecule is Cc1ccc(Cl)cc1C(O)CC1CC2CCC1C2. The van der Waals surface area contributed by atoms with Crippen LogP contribution in [0.3, 0.4) is 0 Å². The molecule has 0 aromatic heterocycles. The maximum Gasteiger partial charge on any atom is 0.0795 e. The first-order valence-corrected chi connectivity index (χ1v) is 7.45. The molecule has 2 aliphatic carbocycles. The van der Waals surface area contributed by atoms with Crippen LogP contribution in [-0.2, 0) is 0 Å². The van der Waals surface area contributed by atoms with Gasteiger partial charge in [-0.05, 0) is 73.6 Å². The number of halogens is 1. The van der Waals surface area contributed by atoms with Crippen LogP contribution < -0.4 is 0 Å². The zero-order valence-electron chi connectivity index (χ0n) is 10.9. The highest BCUT2D eigenvalue weighted by molar-refractivity contribution is 6.30. The number of rotatable bonds is 3. The standard InChI is InChI=1S/C16H21ClO/c1-10-2-5-14(17)9-15(10)16(18)8-13-7-11-3-4-12(13)6-11/h2,5,9,11-13,16,18H,3-4,6-8H2,1H3. The van der Waals surface area contributed by atoms with Crippen LogP contribution >= 0.6 is 11.6 Å². The molecule has 2 aliphatic rings. The molecule has 4 atom stereocenters. The first-order valence-electron chi connectivity index (χ1n) is 7.07. The van der Waals surface area contributed by atoms with E-state index in [1.807, 2.05) is 18.2 Å². The van der Waals surface area contributed by atoms with Crippen LogP contribution in [0, 0.1) is 24.7 Å². The third-order valence-electron chi connectivity index (χ3n) is 5.01. The van der Waals surface area contributed by atoms with Gasteiger partial charge in [-0.3, -0.25) is 0 Å². The number of aliphatic hydroxyl groups excluding tert-OH is 1. The third-order valence-corrected chi connectivity index (χ3v) is 5.25. The highest BCUT2D eigenvalue weighted by Gasteiger charge is 2.40. The molecule has 2 fully saturated rings. The molecule has 2 saturated carbocycles. The Bertz CT molecular complexity index is 443. The lowest BCUT2D eigenvalue weighted by molar-refractivity contribution is 0.125. The summed E-state index contributed by atoms with van der Waals surface area (Å²) in [6.45, 7) is 2.05. The van der Waals surface area contributed by atoms with Gasteiger partial charge in [0.05, 0.1) is 6.10 Å². The van der Waals surface area contributed by atoms with Crippen LogP contribution in [0.5, 0.6) is 0 Å². The summed E-state index contributed by atoms with van der Waals surface area (Å²) < 4.78 is 0. The van der Waals surface area contributed by atoms with E-state index in [1.54, 1.807) is 0 Å². The predicted octanol–water partition coefficient (Wildman–Crippen LogP) is 4.51. The van der Waals surface area contributed by atoms with Crippen molar-refractivity contribution in [3.05, 3.63) is 34.3 Å². The summed E-state index contributed by atoms with van der Waals surface area (Å²) in [7, 11) is 0. The lowest BCUT2D eigenvalue weighted by Gasteiger charge is -2.25. The molecular weight excluding hydrogens is 244 g/mol. The van der Waals surface area contributed by atoms with E-state index < -0.39 is 0 Å². The fraction of sp³-hybridized carbons (Fsp3) is 0.625. The average Bonchev–Trinajstić information content (AvgIpc) is 2.94. The monoisotopic (exact) mass is 264 g/mol. The summed E-state index contributed by atoms with van der Waals surface area (Å²) >= 11 is 6.03. The van der Waals surface area contributed by atoms with Crippen LogP contribution in [0.15, 0.2) is 18.2 Å². The van der Waals surface area contributed by atoms with Gasteiger partial charge in [-0.15, -0.1) is 0 Å². The van der Waals surface area contributed by atoms with Crippen molar-refractivity contribution in [3.8, 4) is 0 Å². The number of fused-ring (bicyclic) bond motifs is 2. The Balaban J connectivity index is 1.71. The number of hydrogen-bond acceptors (Lipinski definition) is 1. The molecule has 0 heterocycles. The first kappa shape index (κ1) is 12.5. The second-order valence-corrected chi connectivity index (χ2v) is 6.62. The maximum atomic E-state index is 10.5. The molecule has 18 heavy (non-hydrogen) atoms. The quantitative estimate of drug-likeness (QED) is 0.852. The van der Waals surface area contributed by atoms with Gasteiger partial charge in [0.25, 0.3) is 0 Å². The minimum absolute atomic E-state index is 0.340. The maximum absolute atomic E-state index is 10.5. The van der Waals surface area contributed by atoms with Crippen LogP contribution in [-0.4, -0.2) is 5.11 Å². The summed E-state index contributed by atoms with van der Waals surface area (Å²) in [6.07, 6.45) is 6.13. The van der Waals surface area contributed by atoms with Gasteiger partial charge in [0.1, 0.15) is 0 Å². The highest BCUT2D eigenvalue weighted by Crippen LogP contribution is 2.51. The Kier molecular flexibility index (Phi) is 3.38. The molecule has 0 spiro atoms. The van der Waals surface area contributed by atoms with E-state index in [-0.39, 0.29) is 6.10 Å². The van der Waals surface area contributed by atoms with E-state index >= 15 is 0 Å². The first-order chi connectivity index (χ1) is 8.63. The average molecular weight is 265 g/mol. The predicted molar refractivity (Wildman–Crippen MR) is 74.7 cm³/mol. The Hall–Kier alpha value is -0.530. The molecule has 0 amide bonds. The molecule has 1 N–H and O–H groups in total. The van der Waals surface area contributed by atoms with E-state index in [0.29, 0.717) is 0 Å². The molecule has 0 saturated heterocycles. The summed E-state index contributed by atoms with van der Waals surface area (Å²) in [6, 6.07) is 5.82. The smallest absolute Gasteiger partial charge is 0.0795 e. The van der Waals surface area contributed by atoms with Gasteiger partial charge in [0.2, 0.25) is 0 Å². The van der Waals surface area contributed by atoms with Crippen molar-refractivity contribution < 1.29 is 5.11 Å². The van der Waals surface area contributed by atoms with Crippen molar-refractivity contribution >= 4 is 11.6 Å². The van der Waals surface area contributed by atoms with Crippen molar-refractivity contribution in [2.24, 2.45) is 17.8 Å². The number of aliphatic hydroxyl groups is 1. The van der Waals surface area contributed by atoms with Gasteiger partial charge >= 0.3 is 0 Å². The van der Waals surface area contributed by atoms with Gasteiger partial charge in [0.15, 0.2) is 0 Å². The van der Waals surface area contributed by atoms with Crippen molar-refractivity contribution in [3.63, 3.8) is 0 Å². The zero-order valence-corrected chi connectivity index (χ0v) is 11.7. The molecule has 4 unspecified atom stereocenters. The van der Waals surface area contributed by atoms with Crippen LogP contribution in [0.2, 0.25) is 5.02 Å². The van der Waals surface area contributed by atoms with E-state index in [0.717, 1.165) is 40.3 Å². The Labute approximate surface area is 114 Å². The summed E-state index contributed by atoms with van der Waals surface area (Å²) in [5.74, 6) is 2.56. The molecule has 2 bridgehead atoms. The van der Waals surface area contributed by atoms with E-state index in [9.17, 15) is 5.11 Å². The van der Waals surface area contributed by atoms with Gasteiger partial charge in [-0.25, -0.2) is 0 Å². The van der Waals surface area contributed by atoms with Crippen molar-refractivity contribution in [1.29, 1.82) is 0 Å². The van der Waals surface area contributed by atoms with Crippen LogP contribution in [0.4, 0.5) is 0 Å². The number of benzene rings is 1. The number of hydrogen-bond donors (Lipinski definition) is 1. The van der Waals surface area contributed by atoms with E-state index in [4.69, 9.17) is 11.6 Å². The molecular formula is C16H21ClO. The van der Waals surface area contributed by atoms with Gasteiger partial charge in [0, 0.05) is 5.02 Å². The normalized spacial score (nSPS) is 31.8. The minimum Gasteiger partial charge on any atom is -0.388 e. The second kappa shape index (κ2) is 4.86. The van der Waals surface area contributed by atoms with Gasteiger partial charge in [-0.1, -0.05) is 24.1 Å². The van der Waals surface area contributed by atoms with Gasteiger partial charge < -0.3 is 5.11 Å². The summed E-state index contributed by atoms with van der Waals surface area (Å²) in [5.41, 5.74) is 2.17. The Morgan fingerprint density at radius 3 is 2.83 bits per heavy atom. The molecule has 98 valence electrons. The van der Waals surface area contributed by atoms with Gasteiger partial charge in [-0.2, -0.15) is 0 Å². The fourth-order valence-corrected chi connectivity index (χ4v) is 4.23. The topological polar surface area (TPSA) is 20.2 Å². The van der Waals surface area contributed by atoms with E-state index in [2.05, 4.69) is 6.92 Å². The van der Waals surface area contributed by atoms with Crippen molar-refractivity contribution in [2.45, 2.75) is 45.1 Å². The second-order valence-electron chi connectivity index (χ2n) is 6.19. The van der Waals surface area contributed by atoms with Crippen molar-refractivity contribution in [2.75, 3.05) is 0 Å². The molecule has 3 rings (SSSR count). The van der Waals surface area contributed by atoms with Crippen LogP contribution in [0.25, 0.3) is 0 Å². The summed E-state index contributed by atoms with van der Waals surface area (Å²) in [5, 5.41) is 11.2. The zero-order chi connectivity index (χ0) is 12.7. The molecule has 1 aromatic carbocycles. The Morgan fingerprint density at radius 1 is 1.33 bits per heavy atom. The lowest BCUT2D eigenvalue weighted by Crippen LogP contribution is -2.14. The Morgan fingerprint density at radius 2 is 2.17 bits per heavy atom. The fourth-order valence-electron chi connectivity index (χ4n) is 4.05. The number of aryl methyl sites for hydroxylation is 1. The largest absolute Gasteiger partial charge is 0.388 e. The van der Waals surface area contributed by atoms with E-state index in [1.165, 1.54) is 25.7 Å². The minimum atomic E-state index is -0.340. The highest BCUT2D eigenvalue weighted by atomic mass is 35.5.